The molecule has 2 aliphatic heterocycles. The fourth-order valence-corrected chi connectivity index (χ4v) is 2.78. The van der Waals surface area contributed by atoms with Gasteiger partial charge in [0.2, 0.25) is 11.8 Å². The van der Waals surface area contributed by atoms with Crippen LogP contribution in [0.15, 0.2) is 24.3 Å². The molecule has 3 rings (SSSR count). The van der Waals surface area contributed by atoms with Gasteiger partial charge in [-0.25, -0.2) is 0 Å². The normalized spacial score (nSPS) is 21.0. The fraction of sp³-hybridized carbons (Fsp3) is 0.286. The zero-order valence-electron chi connectivity index (χ0n) is 11.1. The van der Waals surface area contributed by atoms with Crippen LogP contribution in [0.25, 0.3) is 6.08 Å². The van der Waals surface area contributed by atoms with E-state index in [2.05, 4.69) is 5.32 Å². The molecule has 0 bridgehead atoms. The lowest BCUT2D eigenvalue weighted by Crippen LogP contribution is -2.53. The van der Waals surface area contributed by atoms with Crippen molar-refractivity contribution in [2.24, 2.45) is 0 Å². The number of anilines is 1. The molecule has 2 amide bonds. The minimum Gasteiger partial charge on any atom is -0.355 e. The van der Waals surface area contributed by atoms with Gasteiger partial charge in [-0.05, 0) is 18.6 Å². The first-order valence-electron chi connectivity index (χ1n) is 6.62. The summed E-state index contributed by atoms with van der Waals surface area (Å²) < 4.78 is 0. The topological polar surface area (TPSA) is 92.6 Å². The van der Waals surface area contributed by atoms with E-state index in [1.54, 1.807) is 24.3 Å². The number of nitrogens with one attached hydrogen (secondary N) is 1. The zero-order chi connectivity index (χ0) is 15.0. The van der Waals surface area contributed by atoms with Crippen LogP contribution < -0.4 is 10.2 Å². The van der Waals surface area contributed by atoms with Gasteiger partial charge in [-0.1, -0.05) is 12.1 Å². The third-order valence-electron chi connectivity index (χ3n) is 3.74. The van der Waals surface area contributed by atoms with E-state index < -0.39 is 11.0 Å². The van der Waals surface area contributed by atoms with Crippen molar-refractivity contribution in [1.82, 2.24) is 5.32 Å². The second-order valence-corrected chi connectivity index (χ2v) is 4.99. The molecular formula is C14H13N3O4. The second kappa shape index (κ2) is 5.01. The maximum atomic E-state index is 12.0. The predicted molar refractivity (Wildman–Crippen MR) is 75.6 cm³/mol. The van der Waals surface area contributed by atoms with Crippen molar-refractivity contribution in [3.8, 4) is 0 Å². The summed E-state index contributed by atoms with van der Waals surface area (Å²) >= 11 is 0. The van der Waals surface area contributed by atoms with E-state index >= 15 is 0 Å². The van der Waals surface area contributed by atoms with Crippen LogP contribution in [0.4, 0.5) is 11.4 Å². The maximum absolute atomic E-state index is 12.0. The Balaban J connectivity index is 2.00. The Hall–Kier alpha value is -2.70. The highest BCUT2D eigenvalue weighted by Gasteiger charge is 2.34. The first kappa shape index (κ1) is 13.3. The van der Waals surface area contributed by atoms with E-state index in [1.165, 1.54) is 6.07 Å². The summed E-state index contributed by atoms with van der Waals surface area (Å²) in [6.07, 6.45) is 4.19. The molecule has 1 aromatic rings. The molecule has 108 valence electrons. The molecule has 0 saturated carbocycles. The van der Waals surface area contributed by atoms with Crippen LogP contribution in [0.1, 0.15) is 18.4 Å². The summed E-state index contributed by atoms with van der Waals surface area (Å²) in [5.41, 5.74) is 1.17. The molecular weight excluding hydrogens is 274 g/mol. The lowest BCUT2D eigenvalue weighted by atomic mass is 9.99. The standard InChI is InChI=1S/C14H13N3O4/c18-13-7-6-12(14(19)15-13)16-8-2-3-9-10(16)4-1-5-11(9)17(20)21/h1-5,12H,6-8H2,(H,15,18,19). The third kappa shape index (κ3) is 2.26. The summed E-state index contributed by atoms with van der Waals surface area (Å²) in [5, 5.41) is 13.4. The highest BCUT2D eigenvalue weighted by atomic mass is 16.6. The molecule has 21 heavy (non-hydrogen) atoms. The first-order valence-corrected chi connectivity index (χ1v) is 6.62. The van der Waals surface area contributed by atoms with E-state index in [0.717, 1.165) is 0 Å². The highest BCUT2D eigenvalue weighted by Crippen LogP contribution is 2.35. The number of carbonyl (C=O) groups excluding carboxylic acids is 2. The molecule has 2 aliphatic rings. The number of benzene rings is 1. The summed E-state index contributed by atoms with van der Waals surface area (Å²) in [6, 6.07) is 4.33. The molecule has 2 heterocycles. The van der Waals surface area contributed by atoms with Crippen molar-refractivity contribution in [2.75, 3.05) is 11.4 Å². The van der Waals surface area contributed by atoms with Crippen molar-refractivity contribution < 1.29 is 14.5 Å². The third-order valence-corrected chi connectivity index (χ3v) is 3.74. The lowest BCUT2D eigenvalue weighted by molar-refractivity contribution is -0.385. The van der Waals surface area contributed by atoms with Gasteiger partial charge in [0.25, 0.3) is 5.69 Å². The number of piperidine rings is 1. The minimum atomic E-state index is -0.478. The number of nitro benzene ring substituents is 1. The fourth-order valence-electron chi connectivity index (χ4n) is 2.78. The van der Waals surface area contributed by atoms with E-state index in [0.29, 0.717) is 24.2 Å². The predicted octanol–water partition coefficient (Wildman–Crippen LogP) is 1.23. The molecule has 1 atom stereocenters. The summed E-state index contributed by atoms with van der Waals surface area (Å²) in [7, 11) is 0. The molecule has 7 heteroatoms. The van der Waals surface area contributed by atoms with Gasteiger partial charge in [0.15, 0.2) is 0 Å². The van der Waals surface area contributed by atoms with E-state index in [1.807, 2.05) is 4.90 Å². The molecule has 1 fully saturated rings. The van der Waals surface area contributed by atoms with E-state index in [-0.39, 0.29) is 23.9 Å². The van der Waals surface area contributed by atoms with Crippen molar-refractivity contribution in [1.29, 1.82) is 0 Å². The number of nitrogens with zero attached hydrogens (tertiary/aromatic N) is 2. The summed E-state index contributed by atoms with van der Waals surface area (Å²) in [4.78, 5) is 35.7. The van der Waals surface area contributed by atoms with Crippen LogP contribution >= 0.6 is 0 Å². The summed E-state index contributed by atoms with van der Waals surface area (Å²) in [5.74, 6) is -0.623. The number of hydrogen-bond donors (Lipinski definition) is 1. The van der Waals surface area contributed by atoms with Gasteiger partial charge in [0.05, 0.1) is 16.2 Å². The van der Waals surface area contributed by atoms with Gasteiger partial charge < -0.3 is 4.90 Å². The van der Waals surface area contributed by atoms with Crippen LogP contribution in [-0.4, -0.2) is 29.3 Å². The second-order valence-electron chi connectivity index (χ2n) is 4.99. The quantitative estimate of drug-likeness (QED) is 0.502. The molecule has 7 nitrogen and oxygen atoms in total. The Bertz CT molecular complexity index is 668. The number of hydrogen-bond acceptors (Lipinski definition) is 5. The van der Waals surface area contributed by atoms with Crippen molar-refractivity contribution in [3.05, 3.63) is 40.0 Å². The van der Waals surface area contributed by atoms with Crippen LogP contribution in [0.5, 0.6) is 0 Å². The number of imide groups is 1. The molecule has 0 spiro atoms. The number of nitro groups is 1. The molecule has 1 aromatic carbocycles. The Morgan fingerprint density at radius 1 is 1.33 bits per heavy atom. The monoisotopic (exact) mass is 287 g/mol. The first-order chi connectivity index (χ1) is 10.1. The summed E-state index contributed by atoms with van der Waals surface area (Å²) in [6.45, 7) is 0.487. The van der Waals surface area contributed by atoms with Gasteiger partial charge >= 0.3 is 0 Å². The molecule has 1 saturated heterocycles. The molecule has 0 aliphatic carbocycles. The minimum absolute atomic E-state index is 0.0146. The number of amides is 2. The lowest BCUT2D eigenvalue weighted by Gasteiger charge is -2.36. The number of fused-ring (bicyclic) bond motifs is 1. The number of rotatable bonds is 2. The average Bonchev–Trinajstić information content (AvgIpc) is 2.46. The smallest absolute Gasteiger partial charge is 0.278 e. The van der Waals surface area contributed by atoms with Gasteiger partial charge in [0.1, 0.15) is 6.04 Å². The molecule has 1 unspecified atom stereocenters. The molecule has 0 aromatic heterocycles. The van der Waals surface area contributed by atoms with Gasteiger partial charge in [-0.2, -0.15) is 0 Å². The van der Waals surface area contributed by atoms with Crippen molar-refractivity contribution in [2.45, 2.75) is 18.9 Å². The SMILES string of the molecule is O=C1CCC(N2CC=Cc3c2cccc3[N+](=O)[O-])C(=O)N1. The van der Waals surface area contributed by atoms with Crippen LogP contribution in [-0.2, 0) is 9.59 Å². The van der Waals surface area contributed by atoms with Gasteiger partial charge in [-0.15, -0.1) is 0 Å². The maximum Gasteiger partial charge on any atom is 0.278 e. The Morgan fingerprint density at radius 3 is 2.86 bits per heavy atom. The van der Waals surface area contributed by atoms with Crippen LogP contribution in [0.2, 0.25) is 0 Å². The van der Waals surface area contributed by atoms with Crippen LogP contribution in [0.3, 0.4) is 0 Å². The Kier molecular flexibility index (Phi) is 3.17. The molecule has 0 radical (unpaired) electrons. The van der Waals surface area contributed by atoms with Crippen molar-refractivity contribution >= 4 is 29.3 Å². The van der Waals surface area contributed by atoms with Crippen molar-refractivity contribution in [3.63, 3.8) is 0 Å². The van der Waals surface area contributed by atoms with Gasteiger partial charge in [-0.3, -0.25) is 25.0 Å². The zero-order valence-corrected chi connectivity index (χ0v) is 11.1. The highest BCUT2D eigenvalue weighted by molar-refractivity contribution is 6.02. The Labute approximate surface area is 120 Å². The van der Waals surface area contributed by atoms with E-state index in [4.69, 9.17) is 0 Å². The number of carbonyl (C=O) groups is 2. The molecule has 1 N–H and O–H groups in total. The Morgan fingerprint density at radius 2 is 2.14 bits per heavy atom. The van der Waals surface area contributed by atoms with Crippen LogP contribution in [0, 0.1) is 10.1 Å². The average molecular weight is 287 g/mol. The van der Waals surface area contributed by atoms with E-state index in [9.17, 15) is 19.7 Å². The largest absolute Gasteiger partial charge is 0.355 e. The van der Waals surface area contributed by atoms with Gasteiger partial charge in [0, 0.05) is 19.0 Å².